The van der Waals surface area contributed by atoms with Crippen molar-refractivity contribution in [2.75, 3.05) is 13.2 Å². The Bertz CT molecular complexity index is 1110. The first-order chi connectivity index (χ1) is 16.5. The summed E-state index contributed by atoms with van der Waals surface area (Å²) in [6.07, 6.45) is 1.73. The zero-order chi connectivity index (χ0) is 23.8. The molecule has 2 amide bonds. The van der Waals surface area contributed by atoms with Crippen molar-refractivity contribution in [1.82, 2.24) is 10.2 Å². The fraction of sp³-hybridized carbons (Fsp3) is 0.407. The number of nitrogens with one attached hydrogen (secondary N) is 1. The number of carbonyl (C=O) groups excluding carboxylic acids is 2. The van der Waals surface area contributed by atoms with Crippen molar-refractivity contribution in [3.05, 3.63) is 76.9 Å². The Labute approximate surface area is 199 Å². The Hall–Kier alpha value is -3.16. The molecule has 0 spiro atoms. The fourth-order valence-corrected chi connectivity index (χ4v) is 4.98. The minimum atomic E-state index is -1.00. The topological polar surface area (TPSA) is 99.1 Å². The van der Waals surface area contributed by atoms with Gasteiger partial charge in [0.05, 0.1) is 18.6 Å². The molecule has 1 saturated carbocycles. The van der Waals surface area contributed by atoms with Gasteiger partial charge in [0.2, 0.25) is 11.8 Å². The van der Waals surface area contributed by atoms with Gasteiger partial charge in [-0.15, -0.1) is 0 Å². The molecule has 178 valence electrons. The molecule has 4 unspecified atom stereocenters. The highest BCUT2D eigenvalue weighted by Crippen LogP contribution is 2.47. The number of ether oxygens (including phenoxy) is 1. The van der Waals surface area contributed by atoms with Crippen LogP contribution in [-0.2, 0) is 16.1 Å². The normalized spacial score (nSPS) is 25.0. The van der Waals surface area contributed by atoms with Gasteiger partial charge in [-0.1, -0.05) is 48.0 Å². The van der Waals surface area contributed by atoms with Crippen molar-refractivity contribution in [2.45, 2.75) is 50.5 Å². The molecule has 0 radical (unpaired) electrons. The molecule has 0 saturated heterocycles. The van der Waals surface area contributed by atoms with Gasteiger partial charge in [0.25, 0.3) is 0 Å². The van der Waals surface area contributed by atoms with Crippen LogP contribution < -0.4 is 10.1 Å². The highest BCUT2D eigenvalue weighted by atomic mass is 16.5. The van der Waals surface area contributed by atoms with E-state index in [0.29, 0.717) is 17.9 Å². The van der Waals surface area contributed by atoms with E-state index in [9.17, 15) is 19.8 Å². The second kappa shape index (κ2) is 9.24. The Morgan fingerprint density at radius 2 is 1.85 bits per heavy atom. The molecule has 3 N–H and O–H groups in total. The first-order valence-corrected chi connectivity index (χ1v) is 11.9. The maximum absolute atomic E-state index is 13.4. The van der Waals surface area contributed by atoms with Gasteiger partial charge in [-0.25, -0.2) is 0 Å². The van der Waals surface area contributed by atoms with Gasteiger partial charge in [-0.3, -0.25) is 9.59 Å². The van der Waals surface area contributed by atoms with E-state index in [1.807, 2.05) is 55.5 Å². The molecule has 7 heteroatoms. The number of nitrogens with zero attached hydrogens (tertiary/aromatic N) is 1. The minimum absolute atomic E-state index is 0.00930. The molecule has 0 bridgehead atoms. The lowest BCUT2D eigenvalue weighted by Crippen LogP contribution is -2.55. The van der Waals surface area contributed by atoms with E-state index in [2.05, 4.69) is 5.32 Å². The number of amides is 2. The number of aryl methyl sites for hydroxylation is 1. The molecule has 7 nitrogen and oxygen atoms in total. The summed E-state index contributed by atoms with van der Waals surface area (Å²) in [5.41, 5.74) is 3.39. The molecule has 2 aliphatic carbocycles. The molecular weight excluding hydrogens is 432 g/mol. The molecule has 1 heterocycles. The summed E-state index contributed by atoms with van der Waals surface area (Å²) < 4.78 is 6.15. The third-order valence-corrected chi connectivity index (χ3v) is 6.92. The lowest BCUT2D eigenvalue weighted by molar-refractivity contribution is -0.139. The molecule has 34 heavy (non-hydrogen) atoms. The van der Waals surface area contributed by atoms with E-state index in [4.69, 9.17) is 4.74 Å². The van der Waals surface area contributed by atoms with E-state index in [0.717, 1.165) is 29.5 Å². The van der Waals surface area contributed by atoms with Crippen LogP contribution in [0.2, 0.25) is 0 Å². The first-order valence-electron chi connectivity index (χ1n) is 11.9. The Balaban J connectivity index is 1.54. The Kier molecular flexibility index (Phi) is 6.15. The number of aliphatic hydroxyl groups is 2. The maximum Gasteiger partial charge on any atom is 0.247 e. The second-order valence-corrected chi connectivity index (χ2v) is 9.41. The summed E-state index contributed by atoms with van der Waals surface area (Å²) in [5, 5.41) is 23.5. The van der Waals surface area contributed by atoms with Gasteiger partial charge < -0.3 is 25.2 Å². The number of aliphatic hydroxyl groups excluding tert-OH is 2. The van der Waals surface area contributed by atoms with Crippen molar-refractivity contribution in [2.24, 2.45) is 5.92 Å². The van der Waals surface area contributed by atoms with Gasteiger partial charge in [0, 0.05) is 30.1 Å². The summed E-state index contributed by atoms with van der Waals surface area (Å²) in [6.45, 7) is 2.30. The molecule has 0 aromatic heterocycles. The summed E-state index contributed by atoms with van der Waals surface area (Å²) in [4.78, 5) is 28.3. The van der Waals surface area contributed by atoms with Crippen molar-refractivity contribution in [3.8, 4) is 5.75 Å². The molecule has 1 aliphatic heterocycles. The minimum Gasteiger partial charge on any atom is -0.486 e. The SMILES string of the molecule is Cc1ccc(CN(C(=O)C2CC2)C2C=C(C(=O)NCCO)C3c4ccccc4OC3C2O)cc1. The maximum atomic E-state index is 13.4. The molecule has 1 fully saturated rings. The molecule has 2 aromatic rings. The summed E-state index contributed by atoms with van der Waals surface area (Å²) in [5.74, 6) is -0.187. The van der Waals surface area contributed by atoms with Crippen molar-refractivity contribution < 1.29 is 24.5 Å². The lowest BCUT2D eigenvalue weighted by atomic mass is 9.77. The van der Waals surface area contributed by atoms with Crippen LogP contribution in [0.4, 0.5) is 0 Å². The van der Waals surface area contributed by atoms with E-state index in [-0.39, 0.29) is 30.9 Å². The van der Waals surface area contributed by atoms with Crippen LogP contribution in [0.15, 0.2) is 60.2 Å². The molecular formula is C27H30N2O5. The van der Waals surface area contributed by atoms with Crippen molar-refractivity contribution >= 4 is 11.8 Å². The largest absolute Gasteiger partial charge is 0.486 e. The Morgan fingerprint density at radius 1 is 1.12 bits per heavy atom. The summed E-state index contributed by atoms with van der Waals surface area (Å²) in [7, 11) is 0. The van der Waals surface area contributed by atoms with E-state index in [1.54, 1.807) is 11.0 Å². The lowest BCUT2D eigenvalue weighted by Gasteiger charge is -2.41. The molecule has 4 atom stereocenters. The van der Waals surface area contributed by atoms with Gasteiger partial charge in [0.15, 0.2) is 0 Å². The van der Waals surface area contributed by atoms with Crippen LogP contribution in [0.5, 0.6) is 5.75 Å². The number of benzene rings is 2. The highest BCUT2D eigenvalue weighted by molar-refractivity contribution is 5.96. The standard InChI is InChI=1S/C27H30N2O5/c1-16-6-8-17(9-7-16)15-29(27(33)18-10-11-18)21-14-20(26(32)28-12-13-30)23-19-4-2-3-5-22(19)34-25(23)24(21)31/h2-9,14,18,21,23-25,30-31H,10-13,15H2,1H3,(H,28,32). The van der Waals surface area contributed by atoms with Gasteiger partial charge in [-0.05, 0) is 37.5 Å². The van der Waals surface area contributed by atoms with Gasteiger partial charge in [-0.2, -0.15) is 0 Å². The van der Waals surface area contributed by atoms with Crippen LogP contribution in [0.25, 0.3) is 0 Å². The van der Waals surface area contributed by atoms with Crippen LogP contribution in [-0.4, -0.2) is 58.3 Å². The molecule has 3 aliphatic rings. The Morgan fingerprint density at radius 3 is 2.56 bits per heavy atom. The predicted molar refractivity (Wildman–Crippen MR) is 126 cm³/mol. The summed E-state index contributed by atoms with van der Waals surface area (Å²) >= 11 is 0. The molecule has 2 aromatic carbocycles. The van der Waals surface area contributed by atoms with E-state index in [1.165, 1.54) is 0 Å². The van der Waals surface area contributed by atoms with Gasteiger partial charge in [0.1, 0.15) is 18.0 Å². The fourth-order valence-electron chi connectivity index (χ4n) is 4.98. The smallest absolute Gasteiger partial charge is 0.247 e. The van der Waals surface area contributed by atoms with Crippen LogP contribution in [0.1, 0.15) is 35.4 Å². The number of rotatable bonds is 7. The molecule has 5 rings (SSSR count). The zero-order valence-corrected chi connectivity index (χ0v) is 19.2. The first kappa shape index (κ1) is 22.6. The third kappa shape index (κ3) is 4.21. The van der Waals surface area contributed by atoms with Crippen LogP contribution >= 0.6 is 0 Å². The average molecular weight is 463 g/mol. The number of para-hydroxylation sites is 1. The van der Waals surface area contributed by atoms with Crippen LogP contribution in [0, 0.1) is 12.8 Å². The quantitative estimate of drug-likeness (QED) is 0.585. The van der Waals surface area contributed by atoms with Crippen LogP contribution in [0.3, 0.4) is 0 Å². The highest BCUT2D eigenvalue weighted by Gasteiger charge is 2.51. The monoisotopic (exact) mass is 462 g/mol. The average Bonchev–Trinajstić information content (AvgIpc) is 3.62. The number of carbonyl (C=O) groups is 2. The van der Waals surface area contributed by atoms with E-state index >= 15 is 0 Å². The number of fused-ring (bicyclic) bond motifs is 3. The third-order valence-electron chi connectivity index (χ3n) is 6.92. The van der Waals surface area contributed by atoms with Crippen molar-refractivity contribution in [1.29, 1.82) is 0 Å². The van der Waals surface area contributed by atoms with E-state index < -0.39 is 24.2 Å². The summed E-state index contributed by atoms with van der Waals surface area (Å²) in [6, 6.07) is 14.7. The zero-order valence-electron chi connectivity index (χ0n) is 19.2. The van der Waals surface area contributed by atoms with Gasteiger partial charge >= 0.3 is 0 Å². The second-order valence-electron chi connectivity index (χ2n) is 9.41. The number of hydrogen-bond donors (Lipinski definition) is 3. The number of hydrogen-bond acceptors (Lipinski definition) is 5. The predicted octanol–water partition coefficient (Wildman–Crippen LogP) is 2.06. The van der Waals surface area contributed by atoms with Crippen molar-refractivity contribution in [3.63, 3.8) is 0 Å².